The van der Waals surface area contributed by atoms with Crippen LogP contribution in [0.2, 0.25) is 0 Å². The van der Waals surface area contributed by atoms with Crippen LogP contribution in [0.25, 0.3) is 0 Å². The van der Waals surface area contributed by atoms with Crippen molar-refractivity contribution in [2.24, 2.45) is 17.6 Å². The summed E-state index contributed by atoms with van der Waals surface area (Å²) in [4.78, 5) is 2.44. The van der Waals surface area contributed by atoms with Crippen molar-refractivity contribution in [3.8, 4) is 0 Å². The molecule has 1 aliphatic carbocycles. The van der Waals surface area contributed by atoms with Crippen molar-refractivity contribution in [1.82, 2.24) is 0 Å². The van der Waals surface area contributed by atoms with Crippen LogP contribution in [0.4, 0.5) is 5.69 Å². The van der Waals surface area contributed by atoms with Crippen LogP contribution in [0, 0.1) is 18.8 Å². The lowest BCUT2D eigenvalue weighted by Gasteiger charge is -2.52. The fourth-order valence-electron chi connectivity index (χ4n) is 3.66. The van der Waals surface area contributed by atoms with E-state index in [9.17, 15) is 0 Å². The molecule has 0 heterocycles. The van der Waals surface area contributed by atoms with Crippen molar-refractivity contribution in [1.29, 1.82) is 0 Å². The van der Waals surface area contributed by atoms with E-state index >= 15 is 0 Å². The van der Waals surface area contributed by atoms with E-state index in [1.54, 1.807) is 0 Å². The van der Waals surface area contributed by atoms with Crippen LogP contribution in [0.5, 0.6) is 0 Å². The van der Waals surface area contributed by atoms with Gasteiger partial charge in [-0.2, -0.15) is 0 Å². The zero-order chi connectivity index (χ0) is 14.0. The van der Waals surface area contributed by atoms with Crippen LogP contribution in [0.1, 0.15) is 38.7 Å². The van der Waals surface area contributed by atoms with Gasteiger partial charge in [-0.15, -0.1) is 0 Å². The molecule has 1 aliphatic rings. The van der Waals surface area contributed by atoms with Gasteiger partial charge in [-0.05, 0) is 37.3 Å². The SMILES string of the molecule is Cc1ccc(N(C)C2(CN)CCCC(C)C2C)cc1. The molecule has 3 atom stereocenters. The molecule has 0 spiro atoms. The van der Waals surface area contributed by atoms with E-state index < -0.39 is 0 Å². The minimum atomic E-state index is 0.118. The van der Waals surface area contributed by atoms with Crippen LogP contribution in [-0.4, -0.2) is 19.1 Å². The fourth-order valence-corrected chi connectivity index (χ4v) is 3.66. The maximum absolute atomic E-state index is 6.22. The summed E-state index contributed by atoms with van der Waals surface area (Å²) in [5.74, 6) is 1.39. The van der Waals surface area contributed by atoms with Gasteiger partial charge in [-0.3, -0.25) is 0 Å². The van der Waals surface area contributed by atoms with E-state index in [1.807, 2.05) is 0 Å². The van der Waals surface area contributed by atoms with E-state index in [-0.39, 0.29) is 5.54 Å². The van der Waals surface area contributed by atoms with Crippen molar-refractivity contribution in [2.45, 2.75) is 45.6 Å². The number of aryl methyl sites for hydroxylation is 1. The van der Waals surface area contributed by atoms with Crippen molar-refractivity contribution in [3.05, 3.63) is 29.8 Å². The number of hydrogen-bond donors (Lipinski definition) is 1. The Morgan fingerprint density at radius 3 is 2.47 bits per heavy atom. The molecule has 1 aromatic carbocycles. The number of anilines is 1. The monoisotopic (exact) mass is 260 g/mol. The van der Waals surface area contributed by atoms with Crippen LogP contribution >= 0.6 is 0 Å². The summed E-state index contributed by atoms with van der Waals surface area (Å²) in [5, 5.41) is 0. The van der Waals surface area contributed by atoms with Gasteiger partial charge >= 0.3 is 0 Å². The van der Waals surface area contributed by atoms with Gasteiger partial charge in [-0.1, -0.05) is 44.4 Å². The maximum atomic E-state index is 6.22. The van der Waals surface area contributed by atoms with Gasteiger partial charge in [0.05, 0.1) is 5.54 Å². The molecule has 1 fully saturated rings. The molecule has 0 radical (unpaired) electrons. The lowest BCUT2D eigenvalue weighted by atomic mass is 9.67. The standard InChI is InChI=1S/C17H28N2/c1-13-7-9-16(10-8-13)19(4)17(12-18)11-5-6-14(2)15(17)3/h7-10,14-15H,5-6,11-12,18H2,1-4H3. The Labute approximate surface area is 118 Å². The van der Waals surface area contributed by atoms with Crippen molar-refractivity contribution >= 4 is 5.69 Å². The number of rotatable bonds is 3. The Kier molecular flexibility index (Phi) is 4.19. The van der Waals surface area contributed by atoms with Crippen LogP contribution in [0.15, 0.2) is 24.3 Å². The summed E-state index contributed by atoms with van der Waals surface area (Å²) in [6.07, 6.45) is 3.84. The lowest BCUT2D eigenvalue weighted by molar-refractivity contribution is 0.144. The molecule has 1 saturated carbocycles. The third-order valence-corrected chi connectivity index (χ3v) is 5.41. The number of likely N-dealkylation sites (N-methyl/N-ethyl adjacent to an activating group) is 1. The number of hydrogen-bond acceptors (Lipinski definition) is 2. The molecule has 0 aliphatic heterocycles. The molecule has 1 aromatic rings. The zero-order valence-electron chi connectivity index (χ0n) is 12.8. The van der Waals surface area contributed by atoms with Gasteiger partial charge in [0.1, 0.15) is 0 Å². The molecule has 0 aromatic heterocycles. The molecule has 0 saturated heterocycles. The molecule has 0 amide bonds. The molecule has 3 unspecified atom stereocenters. The summed E-state index contributed by atoms with van der Waals surface area (Å²) in [6, 6.07) is 8.82. The fraction of sp³-hybridized carbons (Fsp3) is 0.647. The maximum Gasteiger partial charge on any atom is 0.0548 e. The van der Waals surface area contributed by atoms with E-state index in [2.05, 4.69) is 57.0 Å². The van der Waals surface area contributed by atoms with Gasteiger partial charge in [0.2, 0.25) is 0 Å². The highest BCUT2D eigenvalue weighted by molar-refractivity contribution is 5.50. The third kappa shape index (κ3) is 2.51. The van der Waals surface area contributed by atoms with Gasteiger partial charge in [0, 0.05) is 19.3 Å². The summed E-state index contributed by atoms with van der Waals surface area (Å²) < 4.78 is 0. The predicted molar refractivity (Wildman–Crippen MR) is 83.5 cm³/mol. The molecule has 19 heavy (non-hydrogen) atoms. The van der Waals surface area contributed by atoms with Crippen molar-refractivity contribution in [2.75, 3.05) is 18.5 Å². The zero-order valence-corrected chi connectivity index (χ0v) is 12.8. The van der Waals surface area contributed by atoms with Gasteiger partial charge < -0.3 is 10.6 Å². The quantitative estimate of drug-likeness (QED) is 0.900. The molecular formula is C17H28N2. The number of nitrogens with two attached hydrogens (primary N) is 1. The average molecular weight is 260 g/mol. The third-order valence-electron chi connectivity index (χ3n) is 5.41. The van der Waals surface area contributed by atoms with E-state index in [0.29, 0.717) is 5.92 Å². The largest absolute Gasteiger partial charge is 0.367 e. The average Bonchev–Trinajstić information content (AvgIpc) is 2.42. The summed E-state index contributed by atoms with van der Waals surface area (Å²) in [6.45, 7) is 7.62. The first kappa shape index (κ1) is 14.4. The highest BCUT2D eigenvalue weighted by atomic mass is 15.2. The highest BCUT2D eigenvalue weighted by Crippen LogP contribution is 2.42. The van der Waals surface area contributed by atoms with Gasteiger partial charge in [-0.25, -0.2) is 0 Å². The van der Waals surface area contributed by atoms with Crippen molar-refractivity contribution in [3.63, 3.8) is 0 Å². The first-order valence-electron chi connectivity index (χ1n) is 7.52. The van der Waals surface area contributed by atoms with Crippen LogP contribution in [-0.2, 0) is 0 Å². The summed E-state index contributed by atoms with van der Waals surface area (Å²) >= 11 is 0. The lowest BCUT2D eigenvalue weighted by Crippen LogP contribution is -2.60. The molecule has 2 rings (SSSR count). The number of nitrogens with zero attached hydrogens (tertiary/aromatic N) is 1. The topological polar surface area (TPSA) is 29.3 Å². The highest BCUT2D eigenvalue weighted by Gasteiger charge is 2.43. The molecular weight excluding hydrogens is 232 g/mol. The summed E-state index contributed by atoms with van der Waals surface area (Å²) in [7, 11) is 2.21. The van der Waals surface area contributed by atoms with Gasteiger partial charge in [0.15, 0.2) is 0 Å². The predicted octanol–water partition coefficient (Wildman–Crippen LogP) is 3.58. The second-order valence-electron chi connectivity index (χ2n) is 6.36. The Morgan fingerprint density at radius 2 is 1.89 bits per heavy atom. The minimum absolute atomic E-state index is 0.118. The molecule has 2 N–H and O–H groups in total. The first-order chi connectivity index (χ1) is 9.01. The Morgan fingerprint density at radius 1 is 1.26 bits per heavy atom. The number of benzene rings is 1. The molecule has 2 nitrogen and oxygen atoms in total. The molecule has 2 heteroatoms. The molecule has 106 valence electrons. The Bertz CT molecular complexity index is 412. The van der Waals surface area contributed by atoms with Crippen LogP contribution < -0.4 is 10.6 Å². The minimum Gasteiger partial charge on any atom is -0.367 e. The van der Waals surface area contributed by atoms with E-state index in [0.717, 1.165) is 12.5 Å². The van der Waals surface area contributed by atoms with E-state index in [4.69, 9.17) is 5.73 Å². The molecule has 0 bridgehead atoms. The smallest absolute Gasteiger partial charge is 0.0548 e. The Balaban J connectivity index is 2.32. The van der Waals surface area contributed by atoms with Gasteiger partial charge in [0.25, 0.3) is 0 Å². The second kappa shape index (κ2) is 5.54. The van der Waals surface area contributed by atoms with Crippen LogP contribution in [0.3, 0.4) is 0 Å². The Hall–Kier alpha value is -1.02. The normalized spacial score (nSPS) is 31.2. The second-order valence-corrected chi connectivity index (χ2v) is 6.36. The first-order valence-corrected chi connectivity index (χ1v) is 7.52. The van der Waals surface area contributed by atoms with E-state index in [1.165, 1.54) is 30.5 Å². The van der Waals surface area contributed by atoms with Crippen molar-refractivity contribution < 1.29 is 0 Å². The summed E-state index contributed by atoms with van der Waals surface area (Å²) in [5.41, 5.74) is 8.93.